The Labute approximate surface area is 157 Å². The van der Waals surface area contributed by atoms with Crippen molar-refractivity contribution < 1.29 is 18.7 Å². The molecule has 0 amide bonds. The minimum absolute atomic E-state index is 0.0241. The van der Waals surface area contributed by atoms with Crippen LogP contribution >= 0.6 is 0 Å². The van der Waals surface area contributed by atoms with Crippen molar-refractivity contribution in [1.29, 1.82) is 0 Å². The molecule has 3 heterocycles. The van der Waals surface area contributed by atoms with Crippen LogP contribution in [0.1, 0.15) is 22.1 Å². The van der Waals surface area contributed by atoms with Gasteiger partial charge in [-0.3, -0.25) is 9.36 Å². The fourth-order valence-electron chi connectivity index (χ4n) is 3.48. The number of benzene rings is 1. The summed E-state index contributed by atoms with van der Waals surface area (Å²) in [6.07, 6.45) is 0. The Bertz CT molecular complexity index is 1120. The van der Waals surface area contributed by atoms with E-state index in [1.165, 1.54) is 34.9 Å². The van der Waals surface area contributed by atoms with Gasteiger partial charge in [-0.1, -0.05) is 0 Å². The smallest absolute Gasteiger partial charge is 0.341 e. The van der Waals surface area contributed by atoms with Crippen LogP contribution in [0.4, 0.5) is 8.78 Å². The number of rotatable bonds is 3. The first-order valence-corrected chi connectivity index (χ1v) is 8.66. The number of carboxylic acid groups (broad SMARTS) is 1. The number of carbonyl (C=O) groups is 1. The van der Waals surface area contributed by atoms with E-state index in [-0.39, 0.29) is 16.7 Å². The summed E-state index contributed by atoms with van der Waals surface area (Å²) in [5.74, 6) is -2.69. The molecule has 1 saturated heterocycles. The summed E-state index contributed by atoms with van der Waals surface area (Å²) < 4.78 is 28.8. The first kappa shape index (κ1) is 18.2. The van der Waals surface area contributed by atoms with E-state index in [1.54, 1.807) is 0 Å². The third-order valence-electron chi connectivity index (χ3n) is 4.69. The molecule has 1 unspecified atom stereocenters. The van der Waals surface area contributed by atoms with Crippen LogP contribution in [-0.4, -0.2) is 40.3 Å². The standard InChI is InChI=1S/C19H16F2N4O3/c20-10-1-3-11(4-2-10)25-16(13-9-22-7-8-23-13)15(19(27)28)17(26)12-5-6-14(21)24-18(12)25/h1-6,13,22-23H,7-9H2,(H,27,28). The molecule has 1 aromatic carbocycles. The van der Waals surface area contributed by atoms with E-state index in [2.05, 4.69) is 15.6 Å². The topological polar surface area (TPSA) is 96.2 Å². The second-order valence-corrected chi connectivity index (χ2v) is 6.42. The number of aromatic nitrogens is 2. The minimum Gasteiger partial charge on any atom is -0.477 e. The van der Waals surface area contributed by atoms with Gasteiger partial charge in [0.15, 0.2) is 5.65 Å². The van der Waals surface area contributed by atoms with Gasteiger partial charge < -0.3 is 15.7 Å². The van der Waals surface area contributed by atoms with Gasteiger partial charge in [-0.25, -0.2) is 14.2 Å². The summed E-state index contributed by atoms with van der Waals surface area (Å²) in [5, 5.41) is 16.1. The van der Waals surface area contributed by atoms with Crippen molar-refractivity contribution in [3.05, 3.63) is 69.6 Å². The summed E-state index contributed by atoms with van der Waals surface area (Å²) >= 11 is 0. The summed E-state index contributed by atoms with van der Waals surface area (Å²) in [6, 6.07) is 6.94. The minimum atomic E-state index is -1.39. The molecule has 9 heteroatoms. The van der Waals surface area contributed by atoms with Gasteiger partial charge in [0.05, 0.1) is 17.1 Å². The molecule has 0 bridgehead atoms. The maximum Gasteiger partial charge on any atom is 0.341 e. The summed E-state index contributed by atoms with van der Waals surface area (Å²) in [7, 11) is 0. The number of nitrogens with zero attached hydrogens (tertiary/aromatic N) is 2. The molecule has 1 atom stereocenters. The fraction of sp³-hybridized carbons (Fsp3) is 0.211. The zero-order valence-electron chi connectivity index (χ0n) is 14.6. The second kappa shape index (κ2) is 7.10. The van der Waals surface area contributed by atoms with Gasteiger partial charge in [0.1, 0.15) is 11.4 Å². The number of aromatic carboxylic acids is 1. The summed E-state index contributed by atoms with van der Waals surface area (Å²) in [5.41, 5.74) is -0.678. The third-order valence-corrected chi connectivity index (χ3v) is 4.69. The number of carboxylic acids is 1. The lowest BCUT2D eigenvalue weighted by molar-refractivity contribution is 0.0692. The lowest BCUT2D eigenvalue weighted by Gasteiger charge is -2.29. The lowest BCUT2D eigenvalue weighted by atomic mass is 10.0. The molecular weight excluding hydrogens is 370 g/mol. The van der Waals surface area contributed by atoms with Crippen molar-refractivity contribution in [2.24, 2.45) is 0 Å². The monoisotopic (exact) mass is 386 g/mol. The SMILES string of the molecule is O=C(O)c1c(C2CNCCN2)n(-c2ccc(F)cc2)c2nc(F)ccc2c1=O. The summed E-state index contributed by atoms with van der Waals surface area (Å²) in [6.45, 7) is 1.60. The fourth-order valence-corrected chi connectivity index (χ4v) is 3.48. The molecule has 28 heavy (non-hydrogen) atoms. The molecule has 3 N–H and O–H groups in total. The van der Waals surface area contributed by atoms with E-state index in [0.717, 1.165) is 6.07 Å². The Morgan fingerprint density at radius 2 is 1.89 bits per heavy atom. The maximum absolute atomic E-state index is 13.9. The van der Waals surface area contributed by atoms with Crippen molar-refractivity contribution in [3.63, 3.8) is 0 Å². The number of fused-ring (bicyclic) bond motifs is 1. The van der Waals surface area contributed by atoms with E-state index in [1.807, 2.05) is 0 Å². The van der Waals surface area contributed by atoms with E-state index >= 15 is 0 Å². The Kier molecular flexibility index (Phi) is 4.62. The lowest BCUT2D eigenvalue weighted by Crippen LogP contribution is -2.45. The first-order valence-electron chi connectivity index (χ1n) is 8.66. The van der Waals surface area contributed by atoms with Crippen LogP contribution < -0.4 is 16.1 Å². The number of hydrogen-bond donors (Lipinski definition) is 3. The molecule has 1 fully saturated rings. The van der Waals surface area contributed by atoms with Gasteiger partial charge in [-0.2, -0.15) is 4.39 Å². The Hall–Kier alpha value is -3.17. The first-order chi connectivity index (χ1) is 13.5. The average Bonchev–Trinajstić information content (AvgIpc) is 2.69. The van der Waals surface area contributed by atoms with E-state index in [0.29, 0.717) is 25.3 Å². The van der Waals surface area contributed by atoms with Gasteiger partial charge in [0.25, 0.3) is 0 Å². The highest BCUT2D eigenvalue weighted by molar-refractivity contribution is 5.94. The van der Waals surface area contributed by atoms with Gasteiger partial charge in [0.2, 0.25) is 11.4 Å². The molecule has 7 nitrogen and oxygen atoms in total. The molecule has 0 aliphatic carbocycles. The molecule has 0 radical (unpaired) electrons. The van der Waals surface area contributed by atoms with Crippen molar-refractivity contribution in [3.8, 4) is 5.69 Å². The van der Waals surface area contributed by atoms with Gasteiger partial charge in [-0.05, 0) is 36.4 Å². The highest BCUT2D eigenvalue weighted by Gasteiger charge is 2.30. The van der Waals surface area contributed by atoms with Crippen LogP contribution in [0.5, 0.6) is 0 Å². The molecule has 3 aromatic rings. The predicted molar refractivity (Wildman–Crippen MR) is 97.8 cm³/mol. The summed E-state index contributed by atoms with van der Waals surface area (Å²) in [4.78, 5) is 28.8. The van der Waals surface area contributed by atoms with Gasteiger partial charge in [-0.15, -0.1) is 0 Å². The van der Waals surface area contributed by atoms with E-state index in [4.69, 9.17) is 0 Å². The van der Waals surface area contributed by atoms with Crippen molar-refractivity contribution in [1.82, 2.24) is 20.2 Å². The quantitative estimate of drug-likeness (QED) is 0.592. The van der Waals surface area contributed by atoms with Crippen LogP contribution in [0.15, 0.2) is 41.2 Å². The second-order valence-electron chi connectivity index (χ2n) is 6.42. The van der Waals surface area contributed by atoms with E-state index in [9.17, 15) is 23.5 Å². The normalized spacial score (nSPS) is 17.0. The average molecular weight is 386 g/mol. The zero-order chi connectivity index (χ0) is 19.8. The molecular formula is C19H16F2N4O3. The highest BCUT2D eigenvalue weighted by atomic mass is 19.1. The Morgan fingerprint density at radius 3 is 2.54 bits per heavy atom. The molecule has 0 saturated carbocycles. The maximum atomic E-state index is 13.9. The highest BCUT2D eigenvalue weighted by Crippen LogP contribution is 2.26. The van der Waals surface area contributed by atoms with Crippen LogP contribution in [0.3, 0.4) is 0 Å². The molecule has 4 rings (SSSR count). The molecule has 2 aromatic heterocycles. The Balaban J connectivity index is 2.16. The molecule has 0 spiro atoms. The largest absolute Gasteiger partial charge is 0.477 e. The number of piperazine rings is 1. The van der Waals surface area contributed by atoms with Crippen LogP contribution in [0, 0.1) is 11.8 Å². The number of hydrogen-bond acceptors (Lipinski definition) is 5. The molecule has 1 aliphatic rings. The van der Waals surface area contributed by atoms with E-state index < -0.39 is 34.8 Å². The zero-order valence-corrected chi connectivity index (χ0v) is 14.6. The van der Waals surface area contributed by atoms with Crippen molar-refractivity contribution >= 4 is 17.0 Å². The van der Waals surface area contributed by atoms with Crippen LogP contribution in [-0.2, 0) is 0 Å². The van der Waals surface area contributed by atoms with Gasteiger partial charge in [0, 0.05) is 25.3 Å². The van der Waals surface area contributed by atoms with Gasteiger partial charge >= 0.3 is 5.97 Å². The molecule has 144 valence electrons. The van der Waals surface area contributed by atoms with Crippen molar-refractivity contribution in [2.45, 2.75) is 6.04 Å². The number of nitrogens with one attached hydrogen (secondary N) is 2. The van der Waals surface area contributed by atoms with Crippen LogP contribution in [0.2, 0.25) is 0 Å². The van der Waals surface area contributed by atoms with Crippen LogP contribution in [0.25, 0.3) is 16.7 Å². The predicted octanol–water partition coefficient (Wildman–Crippen LogP) is 1.60. The van der Waals surface area contributed by atoms with Crippen molar-refractivity contribution in [2.75, 3.05) is 19.6 Å². The third kappa shape index (κ3) is 3.04. The number of pyridine rings is 2. The Morgan fingerprint density at radius 1 is 1.14 bits per heavy atom. The molecule has 1 aliphatic heterocycles. The number of halogens is 2.